The highest BCUT2D eigenvalue weighted by molar-refractivity contribution is 9.10. The zero-order valence-corrected chi connectivity index (χ0v) is 14.8. The predicted molar refractivity (Wildman–Crippen MR) is 91.8 cm³/mol. The summed E-state index contributed by atoms with van der Waals surface area (Å²) in [6.07, 6.45) is 2.38. The number of halogens is 2. The molecule has 1 aliphatic heterocycles. The molecule has 0 saturated carbocycles. The zero-order valence-electron chi connectivity index (χ0n) is 12.5. The van der Waals surface area contributed by atoms with Crippen LogP contribution in [0.25, 0.3) is 0 Å². The number of nitrogens with one attached hydrogen (secondary N) is 1. The Balaban J connectivity index is 2.13. The molecule has 1 aliphatic rings. The number of nitrogens with zero attached hydrogens (tertiary/aromatic N) is 1. The van der Waals surface area contributed by atoms with Gasteiger partial charge in [0.2, 0.25) is 0 Å². The molecule has 2 nitrogen and oxygen atoms in total. The summed E-state index contributed by atoms with van der Waals surface area (Å²) in [5, 5.41) is 4.49. The van der Waals surface area contributed by atoms with Gasteiger partial charge in [-0.05, 0) is 66.4 Å². The third-order valence-electron chi connectivity index (χ3n) is 4.44. The Kier molecular flexibility index (Phi) is 5.76. The molecule has 1 saturated heterocycles. The van der Waals surface area contributed by atoms with Gasteiger partial charge in [0.25, 0.3) is 0 Å². The molecule has 2 rings (SSSR count). The van der Waals surface area contributed by atoms with Gasteiger partial charge in [0, 0.05) is 28.1 Å². The van der Waals surface area contributed by atoms with Gasteiger partial charge in [0.1, 0.15) is 0 Å². The molecule has 0 amide bonds. The van der Waals surface area contributed by atoms with Gasteiger partial charge in [-0.25, -0.2) is 0 Å². The SMILES string of the molecule is CCCNC1CCN(c2cc(Cl)ccc2Br)C(C)C1C. The van der Waals surface area contributed by atoms with E-state index in [1.54, 1.807) is 0 Å². The van der Waals surface area contributed by atoms with Crippen molar-refractivity contribution in [1.29, 1.82) is 0 Å². The Morgan fingerprint density at radius 2 is 2.15 bits per heavy atom. The van der Waals surface area contributed by atoms with Crippen LogP contribution in [-0.4, -0.2) is 25.2 Å². The van der Waals surface area contributed by atoms with Crippen LogP contribution < -0.4 is 10.2 Å². The number of rotatable bonds is 4. The van der Waals surface area contributed by atoms with E-state index in [1.807, 2.05) is 12.1 Å². The normalized spacial score (nSPS) is 26.9. The van der Waals surface area contributed by atoms with Crippen molar-refractivity contribution < 1.29 is 0 Å². The summed E-state index contributed by atoms with van der Waals surface area (Å²) in [4.78, 5) is 2.48. The maximum Gasteiger partial charge on any atom is 0.0528 e. The minimum Gasteiger partial charge on any atom is -0.367 e. The molecule has 4 heteroatoms. The third-order valence-corrected chi connectivity index (χ3v) is 5.35. The van der Waals surface area contributed by atoms with E-state index in [2.05, 4.69) is 53.0 Å². The molecule has 3 unspecified atom stereocenters. The number of hydrogen-bond acceptors (Lipinski definition) is 2. The zero-order chi connectivity index (χ0) is 14.7. The van der Waals surface area contributed by atoms with Crippen molar-refractivity contribution >= 4 is 33.2 Å². The van der Waals surface area contributed by atoms with Crippen LogP contribution in [-0.2, 0) is 0 Å². The summed E-state index contributed by atoms with van der Waals surface area (Å²) in [7, 11) is 0. The van der Waals surface area contributed by atoms with Gasteiger partial charge in [-0.15, -0.1) is 0 Å². The van der Waals surface area contributed by atoms with Gasteiger partial charge in [-0.3, -0.25) is 0 Å². The number of piperidine rings is 1. The van der Waals surface area contributed by atoms with Gasteiger partial charge < -0.3 is 10.2 Å². The molecule has 0 aromatic heterocycles. The van der Waals surface area contributed by atoms with Crippen molar-refractivity contribution in [3.63, 3.8) is 0 Å². The Hall–Kier alpha value is -0.250. The standard InChI is InChI=1S/C16H24BrClN2/c1-4-8-19-15-7-9-20(12(3)11(15)2)16-10-13(18)5-6-14(16)17/h5-6,10-12,15,19H,4,7-9H2,1-3H3. The lowest BCUT2D eigenvalue weighted by Crippen LogP contribution is -2.53. The molecule has 1 fully saturated rings. The van der Waals surface area contributed by atoms with Crippen molar-refractivity contribution in [1.82, 2.24) is 5.32 Å². The first-order valence-electron chi connectivity index (χ1n) is 7.49. The summed E-state index contributed by atoms with van der Waals surface area (Å²) >= 11 is 9.81. The summed E-state index contributed by atoms with van der Waals surface area (Å²) in [5.41, 5.74) is 1.21. The van der Waals surface area contributed by atoms with E-state index in [9.17, 15) is 0 Å². The van der Waals surface area contributed by atoms with Gasteiger partial charge >= 0.3 is 0 Å². The molecule has 1 aromatic rings. The highest BCUT2D eigenvalue weighted by Crippen LogP contribution is 2.35. The second-order valence-electron chi connectivity index (χ2n) is 5.74. The highest BCUT2D eigenvalue weighted by atomic mass is 79.9. The highest BCUT2D eigenvalue weighted by Gasteiger charge is 2.32. The van der Waals surface area contributed by atoms with Crippen molar-refractivity contribution in [2.24, 2.45) is 5.92 Å². The third kappa shape index (κ3) is 3.49. The first kappa shape index (κ1) is 16.1. The number of benzene rings is 1. The average molecular weight is 360 g/mol. The molecular formula is C16H24BrClN2. The van der Waals surface area contributed by atoms with Crippen molar-refractivity contribution in [3.05, 3.63) is 27.7 Å². The quantitative estimate of drug-likeness (QED) is 0.838. The van der Waals surface area contributed by atoms with E-state index in [0.717, 1.165) is 22.6 Å². The maximum absolute atomic E-state index is 6.16. The molecule has 0 spiro atoms. The van der Waals surface area contributed by atoms with Gasteiger partial charge in [0.15, 0.2) is 0 Å². The minimum absolute atomic E-state index is 0.507. The van der Waals surface area contributed by atoms with E-state index < -0.39 is 0 Å². The van der Waals surface area contributed by atoms with Crippen molar-refractivity contribution in [3.8, 4) is 0 Å². The number of anilines is 1. The molecule has 0 bridgehead atoms. The largest absolute Gasteiger partial charge is 0.367 e. The molecule has 1 heterocycles. The van der Waals surface area contributed by atoms with Crippen LogP contribution in [0.3, 0.4) is 0 Å². The molecule has 1 N–H and O–H groups in total. The number of hydrogen-bond donors (Lipinski definition) is 1. The summed E-state index contributed by atoms with van der Waals surface area (Å²) < 4.78 is 1.13. The molecule has 3 atom stereocenters. The fraction of sp³-hybridized carbons (Fsp3) is 0.625. The predicted octanol–water partition coefficient (Wildman–Crippen LogP) is 4.71. The fourth-order valence-electron chi connectivity index (χ4n) is 3.03. The Labute approximate surface area is 136 Å². The van der Waals surface area contributed by atoms with E-state index in [4.69, 9.17) is 11.6 Å². The molecular weight excluding hydrogens is 336 g/mol. The second-order valence-corrected chi connectivity index (χ2v) is 7.03. The Morgan fingerprint density at radius 1 is 1.40 bits per heavy atom. The van der Waals surface area contributed by atoms with E-state index in [0.29, 0.717) is 18.0 Å². The van der Waals surface area contributed by atoms with E-state index >= 15 is 0 Å². The van der Waals surface area contributed by atoms with Gasteiger partial charge in [-0.1, -0.05) is 25.4 Å². The van der Waals surface area contributed by atoms with E-state index in [-0.39, 0.29) is 0 Å². The lowest BCUT2D eigenvalue weighted by atomic mass is 9.86. The topological polar surface area (TPSA) is 15.3 Å². The smallest absolute Gasteiger partial charge is 0.0528 e. The van der Waals surface area contributed by atoms with Crippen LogP contribution >= 0.6 is 27.5 Å². The van der Waals surface area contributed by atoms with E-state index in [1.165, 1.54) is 18.5 Å². The lowest BCUT2D eigenvalue weighted by Gasteiger charge is -2.44. The first-order valence-corrected chi connectivity index (χ1v) is 8.66. The summed E-state index contributed by atoms with van der Waals surface area (Å²) in [6, 6.07) is 7.16. The molecule has 1 aromatic carbocycles. The molecule has 20 heavy (non-hydrogen) atoms. The van der Waals surface area contributed by atoms with Crippen molar-refractivity contribution in [2.45, 2.75) is 45.7 Å². The monoisotopic (exact) mass is 358 g/mol. The van der Waals surface area contributed by atoms with Crippen LogP contribution in [0.1, 0.15) is 33.6 Å². The first-order chi connectivity index (χ1) is 9.54. The Bertz CT molecular complexity index is 452. The van der Waals surface area contributed by atoms with Crippen LogP contribution in [0.4, 0.5) is 5.69 Å². The van der Waals surface area contributed by atoms with Crippen LogP contribution in [0.5, 0.6) is 0 Å². The minimum atomic E-state index is 0.507. The van der Waals surface area contributed by atoms with Crippen molar-refractivity contribution in [2.75, 3.05) is 18.0 Å². The lowest BCUT2D eigenvalue weighted by molar-refractivity contribution is 0.271. The van der Waals surface area contributed by atoms with Gasteiger partial charge in [0.05, 0.1) is 5.69 Å². The van der Waals surface area contributed by atoms with Gasteiger partial charge in [-0.2, -0.15) is 0 Å². The summed E-state index contributed by atoms with van der Waals surface area (Å²) in [5.74, 6) is 0.626. The van der Waals surface area contributed by atoms with Crippen LogP contribution in [0.2, 0.25) is 5.02 Å². The molecule has 0 aliphatic carbocycles. The Morgan fingerprint density at radius 3 is 2.85 bits per heavy atom. The van der Waals surface area contributed by atoms with Crippen LogP contribution in [0.15, 0.2) is 22.7 Å². The fourth-order valence-corrected chi connectivity index (χ4v) is 3.67. The maximum atomic E-state index is 6.16. The second kappa shape index (κ2) is 7.15. The van der Waals surface area contributed by atoms with Crippen LogP contribution in [0, 0.1) is 5.92 Å². The summed E-state index contributed by atoms with van der Waals surface area (Å²) in [6.45, 7) is 9.08. The molecule has 112 valence electrons. The average Bonchev–Trinajstić information content (AvgIpc) is 2.43. The molecule has 0 radical (unpaired) electrons.